The fourth-order valence-electron chi connectivity index (χ4n) is 2.25. The third-order valence-electron chi connectivity index (χ3n) is 3.34. The molecule has 1 unspecified atom stereocenters. The molecule has 4 nitrogen and oxygen atoms in total. The van der Waals surface area contributed by atoms with Crippen LogP contribution in [0.5, 0.6) is 5.75 Å². The number of ether oxygens (including phenoxy) is 1. The summed E-state index contributed by atoms with van der Waals surface area (Å²) in [6, 6.07) is 10.6. The molecule has 2 aromatic rings. The molecule has 0 aliphatic rings. The van der Waals surface area contributed by atoms with Crippen molar-refractivity contribution in [3.8, 4) is 5.75 Å². The van der Waals surface area contributed by atoms with Gasteiger partial charge in [0.25, 0.3) is 10.0 Å². The smallest absolute Gasteiger partial charge is 0.250 e. The highest BCUT2D eigenvalue weighted by Gasteiger charge is 2.23. The second kappa shape index (κ2) is 7.79. The number of hydrogen-bond donors (Lipinski definition) is 1. The molecular formula is C16H20BrNO3S2. The molecule has 0 saturated carbocycles. The van der Waals surface area contributed by atoms with Crippen LogP contribution in [0.3, 0.4) is 0 Å². The summed E-state index contributed by atoms with van der Waals surface area (Å²) in [6.07, 6.45) is 0.720. The van der Waals surface area contributed by atoms with Crippen LogP contribution in [0.25, 0.3) is 0 Å². The summed E-state index contributed by atoms with van der Waals surface area (Å²) in [5, 5.41) is 0. The molecule has 2 rings (SSSR count). The second-order valence-corrected chi connectivity index (χ2v) is 10.0. The van der Waals surface area contributed by atoms with Crippen LogP contribution in [-0.4, -0.2) is 15.5 Å². The molecule has 1 aromatic carbocycles. The zero-order valence-electron chi connectivity index (χ0n) is 13.2. The largest absolute Gasteiger partial charge is 0.497 e. The summed E-state index contributed by atoms with van der Waals surface area (Å²) in [7, 11) is -1.93. The SMILES string of the molecule is COc1ccc(C(CC(C)C)NS(=O)(=O)c2ccc(Br)s2)cc1. The Bertz CT molecular complexity index is 739. The van der Waals surface area contributed by atoms with E-state index in [2.05, 4.69) is 34.5 Å². The molecule has 126 valence electrons. The maximum Gasteiger partial charge on any atom is 0.250 e. The Kier molecular flexibility index (Phi) is 6.25. The van der Waals surface area contributed by atoms with Crippen LogP contribution >= 0.6 is 27.3 Å². The number of sulfonamides is 1. The minimum atomic E-state index is -3.54. The van der Waals surface area contributed by atoms with Gasteiger partial charge >= 0.3 is 0 Å². The fraction of sp³-hybridized carbons (Fsp3) is 0.375. The predicted molar refractivity (Wildman–Crippen MR) is 97.5 cm³/mol. The van der Waals surface area contributed by atoms with Gasteiger partial charge in [0.15, 0.2) is 0 Å². The van der Waals surface area contributed by atoms with E-state index in [1.807, 2.05) is 24.3 Å². The van der Waals surface area contributed by atoms with Crippen LogP contribution in [0.4, 0.5) is 0 Å². The molecule has 1 N–H and O–H groups in total. The fourth-order valence-corrected chi connectivity index (χ4v) is 5.51. The lowest BCUT2D eigenvalue weighted by molar-refractivity contribution is 0.414. The van der Waals surface area contributed by atoms with E-state index >= 15 is 0 Å². The number of halogens is 1. The van der Waals surface area contributed by atoms with E-state index in [1.54, 1.807) is 19.2 Å². The van der Waals surface area contributed by atoms with E-state index in [0.717, 1.165) is 21.5 Å². The van der Waals surface area contributed by atoms with E-state index in [0.29, 0.717) is 10.1 Å². The molecule has 0 aliphatic heterocycles. The summed E-state index contributed by atoms with van der Waals surface area (Å²) in [5.41, 5.74) is 0.929. The predicted octanol–water partition coefficient (Wildman–Crippen LogP) is 4.58. The Balaban J connectivity index is 2.27. The van der Waals surface area contributed by atoms with Crippen molar-refractivity contribution in [1.29, 1.82) is 0 Å². The second-order valence-electron chi connectivity index (χ2n) is 5.64. The molecule has 1 heterocycles. The van der Waals surface area contributed by atoms with Gasteiger partial charge in [-0.25, -0.2) is 13.1 Å². The highest BCUT2D eigenvalue weighted by molar-refractivity contribution is 9.11. The Morgan fingerprint density at radius 1 is 1.17 bits per heavy atom. The van der Waals surface area contributed by atoms with Gasteiger partial charge in [-0.2, -0.15) is 0 Å². The van der Waals surface area contributed by atoms with Crippen molar-refractivity contribution >= 4 is 37.3 Å². The molecule has 0 saturated heterocycles. The first-order valence-electron chi connectivity index (χ1n) is 7.23. The van der Waals surface area contributed by atoms with Gasteiger partial charge in [0.1, 0.15) is 9.96 Å². The average Bonchev–Trinajstić information content (AvgIpc) is 2.93. The highest BCUT2D eigenvalue weighted by atomic mass is 79.9. The average molecular weight is 418 g/mol. The standard InChI is InChI=1S/C16H20BrNO3S2/c1-11(2)10-14(12-4-6-13(21-3)7-5-12)18-23(19,20)16-9-8-15(17)22-16/h4-9,11,14,18H,10H2,1-3H3. The maximum atomic E-state index is 12.6. The van der Waals surface area contributed by atoms with Crippen molar-refractivity contribution in [3.05, 3.63) is 45.7 Å². The van der Waals surface area contributed by atoms with Gasteiger partial charge in [-0.1, -0.05) is 26.0 Å². The monoisotopic (exact) mass is 417 g/mol. The van der Waals surface area contributed by atoms with Gasteiger partial charge in [0, 0.05) is 6.04 Å². The van der Waals surface area contributed by atoms with E-state index < -0.39 is 10.0 Å². The van der Waals surface area contributed by atoms with E-state index in [4.69, 9.17) is 4.74 Å². The van der Waals surface area contributed by atoms with Crippen LogP contribution in [0.1, 0.15) is 31.9 Å². The van der Waals surface area contributed by atoms with Gasteiger partial charge in [-0.05, 0) is 58.1 Å². The van der Waals surface area contributed by atoms with E-state index in [9.17, 15) is 8.42 Å². The maximum absolute atomic E-state index is 12.6. The summed E-state index contributed by atoms with van der Waals surface area (Å²) < 4.78 is 34.3. The molecule has 0 radical (unpaired) electrons. The van der Waals surface area contributed by atoms with E-state index in [-0.39, 0.29) is 6.04 Å². The number of thiophene rings is 1. The van der Waals surface area contributed by atoms with Gasteiger partial charge < -0.3 is 4.74 Å². The quantitative estimate of drug-likeness (QED) is 0.716. The molecule has 1 aromatic heterocycles. The Labute approximate surface area is 150 Å². The Morgan fingerprint density at radius 3 is 2.30 bits per heavy atom. The Morgan fingerprint density at radius 2 is 1.83 bits per heavy atom. The van der Waals surface area contributed by atoms with Gasteiger partial charge in [0.05, 0.1) is 10.9 Å². The van der Waals surface area contributed by atoms with Crippen LogP contribution in [-0.2, 0) is 10.0 Å². The van der Waals surface area contributed by atoms with Crippen molar-refractivity contribution in [2.24, 2.45) is 5.92 Å². The van der Waals surface area contributed by atoms with E-state index in [1.165, 1.54) is 11.3 Å². The summed E-state index contributed by atoms with van der Waals surface area (Å²) >= 11 is 4.51. The first-order valence-corrected chi connectivity index (χ1v) is 10.3. The van der Waals surface area contributed by atoms with Crippen molar-refractivity contribution < 1.29 is 13.2 Å². The number of rotatable bonds is 7. The number of hydrogen-bond acceptors (Lipinski definition) is 4. The molecule has 0 spiro atoms. The third kappa shape index (κ3) is 5.04. The minimum Gasteiger partial charge on any atom is -0.497 e. The van der Waals surface area contributed by atoms with Crippen LogP contribution < -0.4 is 9.46 Å². The molecule has 0 aliphatic carbocycles. The van der Waals surface area contributed by atoms with Crippen molar-refractivity contribution in [2.45, 2.75) is 30.5 Å². The van der Waals surface area contributed by atoms with Crippen molar-refractivity contribution in [3.63, 3.8) is 0 Å². The normalized spacial score (nSPS) is 13.3. The lowest BCUT2D eigenvalue weighted by Crippen LogP contribution is -2.29. The van der Waals surface area contributed by atoms with Gasteiger partial charge in [-0.15, -0.1) is 11.3 Å². The lowest BCUT2D eigenvalue weighted by Gasteiger charge is -2.21. The topological polar surface area (TPSA) is 55.4 Å². The Hall–Kier alpha value is -0.890. The number of methoxy groups -OCH3 is 1. The van der Waals surface area contributed by atoms with Crippen molar-refractivity contribution in [2.75, 3.05) is 7.11 Å². The molecule has 0 bridgehead atoms. The first kappa shape index (κ1) is 18.4. The third-order valence-corrected chi connectivity index (χ3v) is 6.92. The number of benzene rings is 1. The van der Waals surface area contributed by atoms with Crippen LogP contribution in [0.15, 0.2) is 44.4 Å². The molecular weight excluding hydrogens is 398 g/mol. The summed E-state index contributed by atoms with van der Waals surface area (Å²) in [6.45, 7) is 4.15. The molecule has 7 heteroatoms. The highest BCUT2D eigenvalue weighted by Crippen LogP contribution is 2.29. The zero-order valence-corrected chi connectivity index (χ0v) is 16.5. The van der Waals surface area contributed by atoms with Gasteiger partial charge in [-0.3, -0.25) is 0 Å². The van der Waals surface area contributed by atoms with Crippen LogP contribution in [0, 0.1) is 5.92 Å². The summed E-state index contributed by atoms with van der Waals surface area (Å²) in [4.78, 5) is 0. The van der Waals surface area contributed by atoms with Gasteiger partial charge in [0.2, 0.25) is 0 Å². The molecule has 1 atom stereocenters. The molecule has 23 heavy (non-hydrogen) atoms. The minimum absolute atomic E-state index is 0.271. The molecule has 0 fully saturated rings. The molecule has 0 amide bonds. The number of nitrogens with one attached hydrogen (secondary N) is 1. The van der Waals surface area contributed by atoms with Crippen LogP contribution in [0.2, 0.25) is 0 Å². The summed E-state index contributed by atoms with van der Waals surface area (Å²) in [5.74, 6) is 1.11. The van der Waals surface area contributed by atoms with Crippen molar-refractivity contribution in [1.82, 2.24) is 4.72 Å². The zero-order chi connectivity index (χ0) is 17.0. The lowest BCUT2D eigenvalue weighted by atomic mass is 9.98. The first-order chi connectivity index (χ1) is 10.8.